The van der Waals surface area contributed by atoms with Crippen LogP contribution in [0.2, 0.25) is 0 Å². The molecule has 21 nitrogen and oxygen atoms in total. The molecule has 6 atom stereocenters. The van der Waals surface area contributed by atoms with E-state index in [1.54, 1.807) is 91.4 Å². The number of aliphatic hydroxyl groups is 1. The lowest BCUT2D eigenvalue weighted by Crippen LogP contribution is -2.61. The van der Waals surface area contributed by atoms with Gasteiger partial charge in [0.25, 0.3) is 11.8 Å². The molecule has 0 saturated carbocycles. The summed E-state index contributed by atoms with van der Waals surface area (Å²) in [5.41, 5.74) is 5.19. The Morgan fingerprint density at radius 1 is 0.725 bits per heavy atom. The molecule has 0 spiro atoms. The summed E-state index contributed by atoms with van der Waals surface area (Å²) >= 11 is 0. The highest BCUT2D eigenvalue weighted by molar-refractivity contribution is 6.38. The number of likely N-dealkylation sites (tertiary alicyclic amines) is 1. The van der Waals surface area contributed by atoms with Crippen LogP contribution in [0.1, 0.15) is 123 Å². The number of Topliss-reactive ketones (excluding diaryl/α,β-unsaturated/α-hetero) is 1. The van der Waals surface area contributed by atoms with Crippen molar-refractivity contribution in [3.63, 3.8) is 0 Å². The van der Waals surface area contributed by atoms with Crippen molar-refractivity contribution in [3.8, 4) is 28.5 Å². The van der Waals surface area contributed by atoms with Crippen LogP contribution >= 0.6 is 0 Å². The average Bonchev–Trinajstić information content (AvgIpc) is 1.68. The SMILES string of the molecule is CCC(C)(C)C(=O)C(=O)N1CCCCC1C(=O)O[C@H](CCc1ccc(OC)c(OC)c1)c1cccc(OCCN(C)C(=O)N[C@H](C(=O)N[C@@H](Cc2ccccc2)[C@@H](O)CN(Cc2ccc(-c3ccccn3)cc2)NC(=O)[C@@H](NC(=O)OC)C(C)(C)C)C(C)(C)C)c1. The van der Waals surface area contributed by atoms with Crippen molar-refractivity contribution in [2.24, 2.45) is 16.2 Å². The monoisotopic (exact) mass is 1250 g/mol. The summed E-state index contributed by atoms with van der Waals surface area (Å²) in [7, 11) is 5.90. The molecule has 4 aromatic carbocycles. The number of hydrogen-bond acceptors (Lipinski definition) is 15. The van der Waals surface area contributed by atoms with E-state index in [4.69, 9.17) is 23.7 Å². The minimum Gasteiger partial charge on any atom is -0.493 e. The van der Waals surface area contributed by atoms with Gasteiger partial charge in [0.05, 0.1) is 45.7 Å². The highest BCUT2D eigenvalue weighted by Gasteiger charge is 2.42. The number of nitrogens with zero attached hydrogens (tertiary/aromatic N) is 4. The van der Waals surface area contributed by atoms with E-state index in [1.165, 1.54) is 16.9 Å². The molecule has 0 bridgehead atoms. The Morgan fingerprint density at radius 3 is 2.03 bits per heavy atom. The smallest absolute Gasteiger partial charge is 0.407 e. The molecule has 6 rings (SSSR count). The number of aliphatic hydroxyl groups excluding tert-OH is 1. The van der Waals surface area contributed by atoms with Crippen LogP contribution in [0.5, 0.6) is 17.2 Å². The second kappa shape index (κ2) is 33.0. The number of hydrogen-bond donors (Lipinski definition) is 5. The van der Waals surface area contributed by atoms with Crippen LogP contribution in [0.25, 0.3) is 11.3 Å². The number of ketones is 1. The maximum absolute atomic E-state index is 14.7. The number of rotatable bonds is 29. The number of hydrazine groups is 1. The lowest BCUT2D eigenvalue weighted by molar-refractivity contribution is -0.164. The third kappa shape index (κ3) is 20.7. The van der Waals surface area contributed by atoms with Crippen LogP contribution in [-0.4, -0.2) is 151 Å². The number of urea groups is 1. The first-order valence-corrected chi connectivity index (χ1v) is 31.1. The van der Waals surface area contributed by atoms with Gasteiger partial charge in [-0.3, -0.25) is 29.6 Å². The summed E-state index contributed by atoms with van der Waals surface area (Å²) in [5, 5.41) is 22.5. The Kier molecular flexibility index (Phi) is 25.9. The minimum absolute atomic E-state index is 0.0269. The molecule has 1 aliphatic heterocycles. The number of aromatic nitrogens is 1. The Bertz CT molecular complexity index is 3220. The first-order chi connectivity index (χ1) is 43.1. The number of aryl methyl sites for hydroxylation is 1. The van der Waals surface area contributed by atoms with Gasteiger partial charge < -0.3 is 54.5 Å². The van der Waals surface area contributed by atoms with Gasteiger partial charge in [-0.2, -0.15) is 0 Å². The van der Waals surface area contributed by atoms with Crippen LogP contribution in [0.4, 0.5) is 9.59 Å². The topological polar surface area (TPSA) is 257 Å². The highest BCUT2D eigenvalue weighted by atomic mass is 16.5. The van der Waals surface area contributed by atoms with E-state index >= 15 is 0 Å². The first kappa shape index (κ1) is 71.5. The summed E-state index contributed by atoms with van der Waals surface area (Å²) in [6, 6.07) is 30.6. The van der Waals surface area contributed by atoms with E-state index < -0.39 is 94.2 Å². The lowest BCUT2D eigenvalue weighted by Gasteiger charge is -2.36. The van der Waals surface area contributed by atoms with Crippen molar-refractivity contribution in [1.82, 2.24) is 41.2 Å². The van der Waals surface area contributed by atoms with Gasteiger partial charge >= 0.3 is 18.1 Å². The summed E-state index contributed by atoms with van der Waals surface area (Å²) in [4.78, 5) is 104. The molecular formula is C70H94N8O13. The first-order valence-electron chi connectivity index (χ1n) is 31.1. The molecule has 1 aliphatic rings. The van der Waals surface area contributed by atoms with Gasteiger partial charge in [-0.25, -0.2) is 19.4 Å². The van der Waals surface area contributed by atoms with Crippen LogP contribution in [0, 0.1) is 16.2 Å². The number of nitrogens with one attached hydrogen (secondary N) is 4. The molecule has 1 fully saturated rings. The van der Waals surface area contributed by atoms with Gasteiger partial charge in [-0.05, 0) is 114 Å². The molecule has 91 heavy (non-hydrogen) atoms. The van der Waals surface area contributed by atoms with Crippen molar-refractivity contribution < 1.29 is 62.4 Å². The van der Waals surface area contributed by atoms with Crippen molar-refractivity contribution in [2.45, 2.75) is 150 Å². The predicted octanol–water partition coefficient (Wildman–Crippen LogP) is 9.20. The van der Waals surface area contributed by atoms with Crippen LogP contribution in [0.15, 0.2) is 121 Å². The number of pyridine rings is 1. The molecule has 5 aromatic rings. The van der Waals surface area contributed by atoms with E-state index in [0.29, 0.717) is 61.3 Å². The van der Waals surface area contributed by atoms with Gasteiger partial charge in [0.1, 0.15) is 36.6 Å². The number of benzene rings is 4. The fourth-order valence-electron chi connectivity index (χ4n) is 10.5. The number of amides is 6. The molecule has 1 saturated heterocycles. The number of piperidine rings is 1. The van der Waals surface area contributed by atoms with Crippen molar-refractivity contribution in [1.29, 1.82) is 0 Å². The van der Waals surface area contributed by atoms with Crippen LogP contribution < -0.4 is 35.6 Å². The highest BCUT2D eigenvalue weighted by Crippen LogP contribution is 2.34. The van der Waals surface area contributed by atoms with Crippen molar-refractivity contribution >= 4 is 41.6 Å². The van der Waals surface area contributed by atoms with Gasteiger partial charge in [0.15, 0.2) is 11.5 Å². The molecule has 0 aliphatic carbocycles. The largest absolute Gasteiger partial charge is 0.493 e. The molecule has 492 valence electrons. The number of carbonyl (C=O) groups is 7. The number of carbonyl (C=O) groups excluding carboxylic acids is 7. The fraction of sp³-hybridized carbons (Fsp3) is 0.486. The lowest BCUT2D eigenvalue weighted by atomic mass is 9.84. The van der Waals surface area contributed by atoms with E-state index in [-0.39, 0.29) is 39.2 Å². The molecule has 6 amide bonds. The van der Waals surface area contributed by atoms with Gasteiger partial charge in [0, 0.05) is 43.9 Å². The van der Waals surface area contributed by atoms with E-state index in [9.17, 15) is 38.7 Å². The number of ether oxygens (including phenoxy) is 5. The normalized spacial score (nSPS) is 15.2. The Labute approximate surface area is 536 Å². The molecule has 21 heteroatoms. The predicted molar refractivity (Wildman–Crippen MR) is 347 cm³/mol. The van der Waals surface area contributed by atoms with Gasteiger partial charge in [-0.1, -0.05) is 141 Å². The zero-order valence-corrected chi connectivity index (χ0v) is 55.1. The summed E-state index contributed by atoms with van der Waals surface area (Å²) in [5.74, 6) is -1.43. The van der Waals surface area contributed by atoms with Gasteiger partial charge in [0.2, 0.25) is 11.7 Å². The maximum atomic E-state index is 14.7. The summed E-state index contributed by atoms with van der Waals surface area (Å²) in [6.45, 7) is 16.5. The number of likely N-dealkylation sites (N-methyl/N-ethyl adjacent to an activating group) is 1. The summed E-state index contributed by atoms with van der Waals surface area (Å²) in [6.07, 6.45) is 1.90. The average molecular weight is 1260 g/mol. The van der Waals surface area contributed by atoms with E-state index in [1.807, 2.05) is 119 Å². The number of methoxy groups -OCH3 is 3. The minimum atomic E-state index is -1.32. The Balaban J connectivity index is 1.17. The van der Waals surface area contributed by atoms with Crippen molar-refractivity contribution in [2.75, 3.05) is 54.6 Å². The number of alkyl carbamates (subject to hydrolysis) is 1. The molecule has 2 heterocycles. The van der Waals surface area contributed by atoms with E-state index in [0.717, 1.165) is 27.9 Å². The summed E-state index contributed by atoms with van der Waals surface area (Å²) < 4.78 is 28.5. The fourth-order valence-corrected chi connectivity index (χ4v) is 10.5. The second-order valence-electron chi connectivity index (χ2n) is 25.9. The van der Waals surface area contributed by atoms with Crippen LogP contribution in [0.3, 0.4) is 0 Å². The maximum Gasteiger partial charge on any atom is 0.407 e. The molecule has 5 N–H and O–H groups in total. The number of esters is 1. The zero-order valence-electron chi connectivity index (χ0n) is 55.1. The van der Waals surface area contributed by atoms with Crippen LogP contribution in [-0.2, 0) is 52.8 Å². The molecule has 1 aromatic heterocycles. The molecule has 1 unspecified atom stereocenters. The Morgan fingerprint density at radius 2 is 1.40 bits per heavy atom. The van der Waals surface area contributed by atoms with E-state index in [2.05, 4.69) is 26.4 Å². The Hall–Kier alpha value is -8.56. The second-order valence-corrected chi connectivity index (χ2v) is 25.9. The molecule has 0 radical (unpaired) electrons. The standard InChI is InChI=1S/C70H94N8O13/c1-14-70(8,9)61(80)64(83)78-38-21-19-28-54(78)65(84)91-56(35-31-47-32-36-57(87-11)58(42-47)88-12)50-25-22-26-51(43-50)90-40-39-76(10)66(85)73-59(68(2,3)4)62(81)72-53(41-46-23-16-15-17-24-46)55(79)45-77(75-63(82)60(69(5,6)7)74-67(86)89-13)44-48-29-33-49(34-30-48)52-27-18-20-37-71-52/h15-18,20,22-27,29-30,32-34,36-37,42-43,53-56,59-60,79H,14,19,21,28,31,35,38-41,44-45H2,1-13H3,(H,72,81)(H,73,85)(H,74,86)(H,75,82)/t53-,54?,55-,56+,59+,60+/m0/s1. The third-order valence-electron chi connectivity index (χ3n) is 16.4. The molecular weight excluding hydrogens is 1160 g/mol. The van der Waals surface area contributed by atoms with Gasteiger partial charge in [-0.15, -0.1) is 0 Å². The zero-order chi connectivity index (χ0) is 66.6. The third-order valence-corrected chi connectivity index (χ3v) is 16.4. The quantitative estimate of drug-likeness (QED) is 0.0170. The van der Waals surface area contributed by atoms with Crippen molar-refractivity contribution in [3.05, 3.63) is 144 Å².